The monoisotopic (exact) mass is 244 g/mol. The minimum Gasteiger partial charge on any atom is -0.310 e. The molecule has 0 aliphatic heterocycles. The molecule has 1 heterocycles. The van der Waals surface area contributed by atoms with Crippen LogP contribution in [0.5, 0.6) is 0 Å². The van der Waals surface area contributed by atoms with E-state index in [2.05, 4.69) is 54.4 Å². The molecule has 0 aliphatic carbocycles. The van der Waals surface area contributed by atoms with Crippen LogP contribution >= 0.6 is 0 Å². The maximum Gasteiger partial charge on any atom is 0.164 e. The highest BCUT2D eigenvalue weighted by Crippen LogP contribution is 2.11. The summed E-state index contributed by atoms with van der Waals surface area (Å²) in [5.41, 5.74) is 3.88. The maximum absolute atomic E-state index is 4.46. The van der Waals surface area contributed by atoms with Gasteiger partial charge in [-0.1, -0.05) is 30.7 Å². The minimum atomic E-state index is 0.732. The number of aromatic nitrogens is 3. The number of rotatable bonds is 5. The van der Waals surface area contributed by atoms with Gasteiger partial charge in [0, 0.05) is 0 Å². The summed E-state index contributed by atoms with van der Waals surface area (Å²) in [6.45, 7) is 8.77. The zero-order valence-electron chi connectivity index (χ0n) is 11.3. The number of nitrogens with zero attached hydrogens (tertiary/aromatic N) is 3. The Morgan fingerprint density at radius 1 is 1.28 bits per heavy atom. The van der Waals surface area contributed by atoms with E-state index in [1.54, 1.807) is 6.33 Å². The molecule has 0 spiro atoms. The first-order valence-electron chi connectivity index (χ1n) is 6.34. The summed E-state index contributed by atoms with van der Waals surface area (Å²) in [6, 6.07) is 6.50. The molecule has 0 saturated carbocycles. The van der Waals surface area contributed by atoms with Crippen LogP contribution in [0.1, 0.15) is 29.4 Å². The lowest BCUT2D eigenvalue weighted by Gasteiger charge is -2.06. The zero-order chi connectivity index (χ0) is 13.0. The highest BCUT2D eigenvalue weighted by molar-refractivity contribution is 5.30. The second-order valence-corrected chi connectivity index (χ2v) is 4.57. The largest absolute Gasteiger partial charge is 0.310 e. The topological polar surface area (TPSA) is 42.7 Å². The van der Waals surface area contributed by atoms with Crippen LogP contribution in [0.2, 0.25) is 0 Å². The summed E-state index contributed by atoms with van der Waals surface area (Å²) in [7, 11) is 0. The predicted molar refractivity (Wildman–Crippen MR) is 72.4 cm³/mol. The molecule has 1 aromatic heterocycles. The van der Waals surface area contributed by atoms with Crippen molar-refractivity contribution in [1.82, 2.24) is 20.1 Å². The Morgan fingerprint density at radius 3 is 2.89 bits per heavy atom. The van der Waals surface area contributed by atoms with Crippen molar-refractivity contribution in [2.24, 2.45) is 0 Å². The maximum atomic E-state index is 4.46. The van der Waals surface area contributed by atoms with Gasteiger partial charge in [-0.05, 0) is 31.5 Å². The van der Waals surface area contributed by atoms with Crippen molar-refractivity contribution in [3.05, 3.63) is 47.0 Å². The predicted octanol–water partition coefficient (Wildman–Crippen LogP) is 2.05. The number of hydrogen-bond donors (Lipinski definition) is 1. The van der Waals surface area contributed by atoms with Crippen molar-refractivity contribution in [3.63, 3.8) is 0 Å². The summed E-state index contributed by atoms with van der Waals surface area (Å²) in [4.78, 5) is 4.29. The second-order valence-electron chi connectivity index (χ2n) is 4.57. The van der Waals surface area contributed by atoms with Crippen molar-refractivity contribution < 1.29 is 0 Å². The molecule has 4 nitrogen and oxygen atoms in total. The van der Waals surface area contributed by atoms with Crippen LogP contribution in [0, 0.1) is 13.8 Å². The van der Waals surface area contributed by atoms with Gasteiger partial charge in [-0.25, -0.2) is 9.67 Å². The van der Waals surface area contributed by atoms with Crippen LogP contribution in [0.15, 0.2) is 24.5 Å². The molecule has 0 unspecified atom stereocenters. The van der Waals surface area contributed by atoms with Gasteiger partial charge >= 0.3 is 0 Å². The summed E-state index contributed by atoms with van der Waals surface area (Å²) in [6.07, 6.45) is 1.80. The average Bonchev–Trinajstić information content (AvgIpc) is 2.79. The van der Waals surface area contributed by atoms with Gasteiger partial charge in [0.05, 0.1) is 13.1 Å². The molecule has 0 radical (unpaired) electrons. The molecule has 4 heteroatoms. The third-order valence-corrected chi connectivity index (χ3v) is 2.95. The molecule has 18 heavy (non-hydrogen) atoms. The molecule has 0 saturated heterocycles. The molecule has 0 fully saturated rings. The Kier molecular flexibility index (Phi) is 4.10. The quantitative estimate of drug-likeness (QED) is 0.875. The highest BCUT2D eigenvalue weighted by atomic mass is 15.3. The van der Waals surface area contributed by atoms with E-state index in [0.717, 1.165) is 25.5 Å². The molecule has 1 N–H and O–H groups in total. The smallest absolute Gasteiger partial charge is 0.164 e. The Hall–Kier alpha value is -1.68. The van der Waals surface area contributed by atoms with Crippen LogP contribution in [-0.4, -0.2) is 21.3 Å². The number of benzene rings is 1. The summed E-state index contributed by atoms with van der Waals surface area (Å²) >= 11 is 0. The van der Waals surface area contributed by atoms with E-state index >= 15 is 0 Å². The van der Waals surface area contributed by atoms with Crippen LogP contribution in [0.3, 0.4) is 0 Å². The van der Waals surface area contributed by atoms with Crippen LogP contribution in [0.25, 0.3) is 0 Å². The molecular formula is C14H20N4. The highest BCUT2D eigenvalue weighted by Gasteiger charge is 2.03. The van der Waals surface area contributed by atoms with Crippen molar-refractivity contribution >= 4 is 0 Å². The first-order valence-corrected chi connectivity index (χ1v) is 6.34. The van der Waals surface area contributed by atoms with Gasteiger partial charge in [0.15, 0.2) is 5.82 Å². The van der Waals surface area contributed by atoms with Crippen LogP contribution in [0.4, 0.5) is 0 Å². The fourth-order valence-electron chi connectivity index (χ4n) is 1.87. The van der Waals surface area contributed by atoms with E-state index in [1.165, 1.54) is 16.7 Å². The number of nitrogens with one attached hydrogen (secondary N) is 1. The normalized spacial score (nSPS) is 10.8. The van der Waals surface area contributed by atoms with Crippen LogP contribution < -0.4 is 5.32 Å². The number of aryl methyl sites for hydroxylation is 2. The lowest BCUT2D eigenvalue weighted by atomic mass is 10.1. The summed E-state index contributed by atoms with van der Waals surface area (Å²) < 4.78 is 1.90. The summed E-state index contributed by atoms with van der Waals surface area (Å²) in [5.74, 6) is 0.849. The van der Waals surface area contributed by atoms with Crippen molar-refractivity contribution in [3.8, 4) is 0 Å². The van der Waals surface area contributed by atoms with E-state index in [9.17, 15) is 0 Å². The molecule has 1 aromatic carbocycles. The van der Waals surface area contributed by atoms with E-state index in [0.29, 0.717) is 0 Å². The van der Waals surface area contributed by atoms with Gasteiger partial charge in [-0.3, -0.25) is 0 Å². The van der Waals surface area contributed by atoms with Gasteiger partial charge in [0.2, 0.25) is 0 Å². The Bertz CT molecular complexity index is 516. The third-order valence-electron chi connectivity index (χ3n) is 2.95. The first kappa shape index (κ1) is 12.8. The standard InChI is InChI=1S/C14H20N4/c1-4-15-8-14-16-10-18(17-14)9-13-7-11(2)5-6-12(13)3/h5-7,10,15H,4,8-9H2,1-3H3. The minimum absolute atomic E-state index is 0.732. The van der Waals surface area contributed by atoms with Crippen LogP contribution in [-0.2, 0) is 13.1 Å². The number of hydrogen-bond acceptors (Lipinski definition) is 3. The SMILES string of the molecule is CCNCc1ncn(Cc2cc(C)ccc2C)n1. The Balaban J connectivity index is 2.08. The molecule has 96 valence electrons. The van der Waals surface area contributed by atoms with E-state index in [-0.39, 0.29) is 0 Å². The molecule has 2 rings (SSSR count). The zero-order valence-corrected chi connectivity index (χ0v) is 11.3. The summed E-state index contributed by atoms with van der Waals surface area (Å²) in [5, 5.41) is 7.68. The van der Waals surface area contributed by atoms with Crippen molar-refractivity contribution in [2.45, 2.75) is 33.9 Å². The first-order chi connectivity index (χ1) is 8.69. The van der Waals surface area contributed by atoms with Gasteiger partial charge < -0.3 is 5.32 Å². The van der Waals surface area contributed by atoms with Gasteiger partial charge in [-0.2, -0.15) is 5.10 Å². The second kappa shape index (κ2) is 5.78. The fraction of sp³-hybridized carbons (Fsp3) is 0.429. The molecule has 0 amide bonds. The van der Waals surface area contributed by atoms with Gasteiger partial charge in [0.25, 0.3) is 0 Å². The van der Waals surface area contributed by atoms with E-state index in [1.807, 2.05) is 4.68 Å². The molecule has 0 aliphatic rings. The molecule has 2 aromatic rings. The van der Waals surface area contributed by atoms with E-state index in [4.69, 9.17) is 0 Å². The van der Waals surface area contributed by atoms with Gasteiger partial charge in [-0.15, -0.1) is 0 Å². The molecular weight excluding hydrogens is 224 g/mol. The van der Waals surface area contributed by atoms with Crippen molar-refractivity contribution in [1.29, 1.82) is 0 Å². The van der Waals surface area contributed by atoms with Crippen molar-refractivity contribution in [2.75, 3.05) is 6.54 Å². The fourth-order valence-corrected chi connectivity index (χ4v) is 1.87. The Morgan fingerprint density at radius 2 is 2.11 bits per heavy atom. The molecule has 0 bridgehead atoms. The van der Waals surface area contributed by atoms with E-state index < -0.39 is 0 Å². The average molecular weight is 244 g/mol. The lowest BCUT2D eigenvalue weighted by Crippen LogP contribution is -2.13. The Labute approximate surface area is 108 Å². The lowest BCUT2D eigenvalue weighted by molar-refractivity contribution is 0.641. The van der Waals surface area contributed by atoms with Gasteiger partial charge in [0.1, 0.15) is 6.33 Å². The third kappa shape index (κ3) is 3.17. The molecule has 0 atom stereocenters.